The number of aromatic nitrogens is 1. The Kier molecular flexibility index (Phi) is 6.44. The number of carbonyl (C=O) groups is 2. The molecular weight excluding hydrogens is 278 g/mol. The Morgan fingerprint density at radius 3 is 2.70 bits per heavy atom. The van der Waals surface area contributed by atoms with Crippen molar-refractivity contribution < 1.29 is 14.7 Å². The molecule has 2 amide bonds. The number of carboxylic acids is 1. The van der Waals surface area contributed by atoms with Gasteiger partial charge in [-0.25, -0.2) is 14.6 Å². The number of nitrogens with one attached hydrogen (secondary N) is 1. The van der Waals surface area contributed by atoms with Gasteiger partial charge in [0, 0.05) is 31.4 Å². The Hall–Kier alpha value is -1.63. The molecule has 0 saturated heterocycles. The first kappa shape index (κ1) is 16.4. The van der Waals surface area contributed by atoms with Gasteiger partial charge in [0.25, 0.3) is 0 Å². The molecular formula is C13H21N3O3S. The molecule has 2 N–H and O–H groups in total. The van der Waals surface area contributed by atoms with Gasteiger partial charge in [-0.05, 0) is 12.8 Å². The van der Waals surface area contributed by atoms with E-state index >= 15 is 0 Å². The standard InChI is InChI=1S/C13H21N3O3S/c1-4-16(7-9(2)3)13(19)14-6-5-11-15-10(8-20-11)12(17)18/h8-9H,4-7H2,1-3H3,(H,14,19)(H,17,18). The topological polar surface area (TPSA) is 82.5 Å². The zero-order valence-electron chi connectivity index (χ0n) is 12.0. The first-order valence-electron chi connectivity index (χ1n) is 6.64. The largest absolute Gasteiger partial charge is 0.476 e. The first-order valence-corrected chi connectivity index (χ1v) is 7.52. The Morgan fingerprint density at radius 1 is 1.50 bits per heavy atom. The van der Waals surface area contributed by atoms with Crippen LogP contribution in [0.4, 0.5) is 4.79 Å². The van der Waals surface area contributed by atoms with Crippen LogP contribution >= 0.6 is 11.3 Å². The average molecular weight is 299 g/mol. The van der Waals surface area contributed by atoms with E-state index in [1.807, 2.05) is 6.92 Å². The second-order valence-electron chi connectivity index (χ2n) is 4.85. The van der Waals surface area contributed by atoms with Crippen molar-refractivity contribution in [3.8, 4) is 0 Å². The van der Waals surface area contributed by atoms with Crippen molar-refractivity contribution in [2.45, 2.75) is 27.2 Å². The van der Waals surface area contributed by atoms with Crippen molar-refractivity contribution in [1.82, 2.24) is 15.2 Å². The van der Waals surface area contributed by atoms with E-state index < -0.39 is 5.97 Å². The first-order chi connectivity index (χ1) is 9.43. The Balaban J connectivity index is 2.38. The van der Waals surface area contributed by atoms with Crippen LogP contribution in [0.15, 0.2) is 5.38 Å². The summed E-state index contributed by atoms with van der Waals surface area (Å²) in [5.41, 5.74) is 0.0614. The van der Waals surface area contributed by atoms with E-state index in [9.17, 15) is 9.59 Å². The van der Waals surface area contributed by atoms with Crippen LogP contribution in [0.1, 0.15) is 36.3 Å². The number of amides is 2. The summed E-state index contributed by atoms with van der Waals surface area (Å²) in [7, 11) is 0. The van der Waals surface area contributed by atoms with Crippen molar-refractivity contribution in [2.75, 3.05) is 19.6 Å². The Labute approximate surface area is 122 Å². The van der Waals surface area contributed by atoms with Gasteiger partial charge < -0.3 is 15.3 Å². The summed E-state index contributed by atoms with van der Waals surface area (Å²) < 4.78 is 0. The summed E-state index contributed by atoms with van der Waals surface area (Å²) in [6.07, 6.45) is 0.545. The number of nitrogens with zero attached hydrogens (tertiary/aromatic N) is 2. The summed E-state index contributed by atoms with van der Waals surface area (Å²) in [6, 6.07) is -0.0868. The number of urea groups is 1. The fraction of sp³-hybridized carbons (Fsp3) is 0.615. The number of hydrogen-bond acceptors (Lipinski definition) is 4. The summed E-state index contributed by atoms with van der Waals surface area (Å²) >= 11 is 1.30. The highest BCUT2D eigenvalue weighted by atomic mass is 32.1. The highest BCUT2D eigenvalue weighted by molar-refractivity contribution is 7.09. The van der Waals surface area contributed by atoms with Crippen molar-refractivity contribution >= 4 is 23.3 Å². The molecule has 0 aliphatic rings. The molecule has 0 unspecified atom stereocenters. The maximum Gasteiger partial charge on any atom is 0.355 e. The molecule has 0 aliphatic heterocycles. The third-order valence-electron chi connectivity index (χ3n) is 2.64. The lowest BCUT2D eigenvalue weighted by Gasteiger charge is -2.23. The molecule has 1 heterocycles. The molecule has 0 bridgehead atoms. The summed E-state index contributed by atoms with van der Waals surface area (Å²) in [6.45, 7) is 7.94. The van der Waals surface area contributed by atoms with Crippen LogP contribution in [0.25, 0.3) is 0 Å². The zero-order chi connectivity index (χ0) is 15.1. The zero-order valence-corrected chi connectivity index (χ0v) is 12.9. The fourth-order valence-electron chi connectivity index (χ4n) is 1.71. The fourth-order valence-corrected chi connectivity index (χ4v) is 2.48. The molecule has 0 saturated carbocycles. The lowest BCUT2D eigenvalue weighted by atomic mass is 10.2. The molecule has 20 heavy (non-hydrogen) atoms. The highest BCUT2D eigenvalue weighted by Crippen LogP contribution is 2.10. The van der Waals surface area contributed by atoms with E-state index in [0.29, 0.717) is 25.4 Å². The molecule has 0 radical (unpaired) electrons. The monoisotopic (exact) mass is 299 g/mol. The Morgan fingerprint density at radius 2 is 2.20 bits per heavy atom. The maximum atomic E-state index is 11.9. The number of hydrogen-bond donors (Lipinski definition) is 2. The molecule has 6 nitrogen and oxygen atoms in total. The molecule has 1 aromatic heterocycles. The predicted octanol–water partition coefficient (Wildman–Crippen LogP) is 2.07. The van der Waals surface area contributed by atoms with Crippen molar-refractivity contribution in [3.63, 3.8) is 0 Å². The molecule has 0 aromatic carbocycles. The molecule has 7 heteroatoms. The van der Waals surface area contributed by atoms with Crippen LogP contribution in [0.2, 0.25) is 0 Å². The molecule has 0 aliphatic carbocycles. The van der Waals surface area contributed by atoms with E-state index in [1.54, 1.807) is 4.90 Å². The molecule has 112 valence electrons. The third-order valence-corrected chi connectivity index (χ3v) is 3.55. The second-order valence-corrected chi connectivity index (χ2v) is 5.79. The van der Waals surface area contributed by atoms with Crippen molar-refractivity contribution in [3.05, 3.63) is 16.1 Å². The minimum Gasteiger partial charge on any atom is -0.476 e. The van der Waals surface area contributed by atoms with E-state index in [0.717, 1.165) is 11.6 Å². The number of aromatic carboxylic acids is 1. The quantitative estimate of drug-likeness (QED) is 0.807. The van der Waals surface area contributed by atoms with Crippen LogP contribution < -0.4 is 5.32 Å². The van der Waals surface area contributed by atoms with Gasteiger partial charge in [0.05, 0.1) is 5.01 Å². The SMILES string of the molecule is CCN(CC(C)C)C(=O)NCCc1nc(C(=O)O)cs1. The number of carbonyl (C=O) groups excluding carboxylic acids is 1. The van der Waals surface area contributed by atoms with Crippen LogP contribution in [0, 0.1) is 5.92 Å². The van der Waals surface area contributed by atoms with Crippen LogP contribution in [-0.4, -0.2) is 46.6 Å². The van der Waals surface area contributed by atoms with Gasteiger partial charge >= 0.3 is 12.0 Å². The van der Waals surface area contributed by atoms with Gasteiger partial charge in [0.2, 0.25) is 0 Å². The van der Waals surface area contributed by atoms with Gasteiger partial charge in [-0.3, -0.25) is 0 Å². The lowest BCUT2D eigenvalue weighted by Crippen LogP contribution is -2.42. The molecule has 0 atom stereocenters. The average Bonchev–Trinajstić information content (AvgIpc) is 2.84. The third kappa shape index (κ3) is 5.16. The summed E-state index contributed by atoms with van der Waals surface area (Å²) in [4.78, 5) is 28.3. The summed E-state index contributed by atoms with van der Waals surface area (Å²) in [5, 5.41) is 13.8. The van der Waals surface area contributed by atoms with Gasteiger partial charge in [0.15, 0.2) is 5.69 Å². The minimum absolute atomic E-state index is 0.0614. The highest BCUT2D eigenvalue weighted by Gasteiger charge is 2.13. The number of rotatable bonds is 7. The number of thiazole rings is 1. The normalized spacial score (nSPS) is 10.6. The minimum atomic E-state index is -1.02. The molecule has 0 spiro atoms. The van der Waals surface area contributed by atoms with E-state index in [4.69, 9.17) is 5.11 Å². The predicted molar refractivity (Wildman–Crippen MR) is 78.3 cm³/mol. The van der Waals surface area contributed by atoms with Gasteiger partial charge in [-0.1, -0.05) is 13.8 Å². The van der Waals surface area contributed by atoms with Crippen molar-refractivity contribution in [2.24, 2.45) is 5.92 Å². The maximum absolute atomic E-state index is 11.9. The van der Waals surface area contributed by atoms with Crippen LogP contribution in [-0.2, 0) is 6.42 Å². The van der Waals surface area contributed by atoms with Gasteiger partial charge in [-0.15, -0.1) is 11.3 Å². The second kappa shape index (κ2) is 7.84. The van der Waals surface area contributed by atoms with E-state index in [2.05, 4.69) is 24.1 Å². The van der Waals surface area contributed by atoms with Gasteiger partial charge in [-0.2, -0.15) is 0 Å². The summed E-state index contributed by atoms with van der Waals surface area (Å²) in [5.74, 6) is -0.594. The molecule has 1 rings (SSSR count). The van der Waals surface area contributed by atoms with Crippen LogP contribution in [0.3, 0.4) is 0 Å². The number of carboxylic acid groups (broad SMARTS) is 1. The van der Waals surface area contributed by atoms with Crippen molar-refractivity contribution in [1.29, 1.82) is 0 Å². The van der Waals surface area contributed by atoms with E-state index in [-0.39, 0.29) is 11.7 Å². The van der Waals surface area contributed by atoms with E-state index in [1.165, 1.54) is 16.7 Å². The molecule has 1 aromatic rings. The Bertz CT molecular complexity index is 459. The van der Waals surface area contributed by atoms with Gasteiger partial charge in [0.1, 0.15) is 0 Å². The lowest BCUT2D eigenvalue weighted by molar-refractivity contribution is 0.0691. The smallest absolute Gasteiger partial charge is 0.355 e. The molecule has 0 fully saturated rings. The van der Waals surface area contributed by atoms with Crippen LogP contribution in [0.5, 0.6) is 0 Å².